The van der Waals surface area contributed by atoms with E-state index in [1.165, 1.54) is 30.3 Å². The first-order chi connectivity index (χ1) is 13.6. The van der Waals surface area contributed by atoms with Gasteiger partial charge in [-0.05, 0) is 41.8 Å². The Hall–Kier alpha value is -2.97. The zero-order chi connectivity index (χ0) is 21.2. The average molecular weight is 418 g/mol. The zero-order valence-electron chi connectivity index (χ0n) is 15.1. The molecule has 10 heteroatoms. The summed E-state index contributed by atoms with van der Waals surface area (Å²) in [7, 11) is -4.38. The molecule has 0 aliphatic rings. The third kappa shape index (κ3) is 5.52. The van der Waals surface area contributed by atoms with Crippen molar-refractivity contribution in [3.63, 3.8) is 0 Å². The van der Waals surface area contributed by atoms with E-state index in [2.05, 4.69) is 5.32 Å². The Morgan fingerprint density at radius 2 is 1.83 bits per heavy atom. The molecule has 9 nitrogen and oxygen atoms in total. The number of phenolic OH excluding ortho intramolecular Hbond substituents is 1. The molecule has 29 heavy (non-hydrogen) atoms. The van der Waals surface area contributed by atoms with E-state index in [4.69, 9.17) is 10.2 Å². The van der Waals surface area contributed by atoms with E-state index in [1.807, 2.05) is 0 Å². The summed E-state index contributed by atoms with van der Waals surface area (Å²) in [6.45, 7) is 0. The number of anilines is 1. The number of hydrogen-bond acceptors (Lipinski definition) is 6. The lowest BCUT2D eigenvalue weighted by Gasteiger charge is -2.13. The largest absolute Gasteiger partial charge is 0.508 e. The smallest absolute Gasteiger partial charge is 0.336 e. The molecule has 0 aliphatic heterocycles. The Bertz CT molecular complexity index is 1150. The first kappa shape index (κ1) is 20.8. The highest BCUT2D eigenvalue weighted by molar-refractivity contribution is 7.50. The van der Waals surface area contributed by atoms with Crippen molar-refractivity contribution in [2.45, 2.75) is 18.6 Å². The molecule has 1 heterocycles. The predicted molar refractivity (Wildman–Crippen MR) is 107 cm³/mol. The number of aromatic hydroxyl groups is 1. The summed E-state index contributed by atoms with van der Waals surface area (Å²) < 4.78 is 16.4. The molecule has 0 fully saturated rings. The predicted octanol–water partition coefficient (Wildman–Crippen LogP) is 1.68. The second-order valence-corrected chi connectivity index (χ2v) is 8.24. The Balaban J connectivity index is 1.79. The SMILES string of the molecule is N[C@@H](Cc1ccc(O)cc1)C(=O)Nc1ccc2c(CP(=O)(O)O)cc(=O)oc2c1. The molecule has 0 unspecified atom stereocenters. The first-order valence-corrected chi connectivity index (χ1v) is 10.4. The maximum Gasteiger partial charge on any atom is 0.336 e. The highest BCUT2D eigenvalue weighted by atomic mass is 31.2. The molecule has 0 radical (unpaired) electrons. The third-order valence-electron chi connectivity index (χ3n) is 4.20. The zero-order valence-corrected chi connectivity index (χ0v) is 16.0. The fourth-order valence-corrected chi connectivity index (χ4v) is 3.58. The minimum Gasteiger partial charge on any atom is -0.508 e. The van der Waals surface area contributed by atoms with Gasteiger partial charge in [-0.1, -0.05) is 12.1 Å². The van der Waals surface area contributed by atoms with Gasteiger partial charge in [-0.15, -0.1) is 0 Å². The van der Waals surface area contributed by atoms with Crippen molar-refractivity contribution in [3.05, 3.63) is 70.1 Å². The molecule has 1 aromatic heterocycles. The van der Waals surface area contributed by atoms with Gasteiger partial charge in [-0.2, -0.15) is 0 Å². The average Bonchev–Trinajstić information content (AvgIpc) is 2.61. The molecule has 6 N–H and O–H groups in total. The van der Waals surface area contributed by atoms with Gasteiger partial charge in [-0.3, -0.25) is 9.36 Å². The molecule has 1 atom stereocenters. The molecule has 0 bridgehead atoms. The number of amides is 1. The number of carbonyl (C=O) groups excluding carboxylic acids is 1. The molecule has 0 saturated carbocycles. The van der Waals surface area contributed by atoms with E-state index in [0.717, 1.165) is 11.6 Å². The maximum atomic E-state index is 12.4. The molecule has 3 aromatic rings. The van der Waals surface area contributed by atoms with E-state index in [-0.39, 0.29) is 23.3 Å². The molecule has 152 valence electrons. The van der Waals surface area contributed by atoms with Crippen molar-refractivity contribution in [2.24, 2.45) is 5.73 Å². The van der Waals surface area contributed by atoms with E-state index in [9.17, 15) is 29.0 Å². The Morgan fingerprint density at radius 3 is 2.48 bits per heavy atom. The Labute approximate surface area is 164 Å². The van der Waals surface area contributed by atoms with Crippen LogP contribution in [-0.4, -0.2) is 26.8 Å². The minimum atomic E-state index is -4.38. The van der Waals surface area contributed by atoms with Crippen LogP contribution in [0.3, 0.4) is 0 Å². The molecule has 0 aliphatic carbocycles. The van der Waals surface area contributed by atoms with Gasteiger partial charge in [0.15, 0.2) is 0 Å². The highest BCUT2D eigenvalue weighted by Gasteiger charge is 2.19. The van der Waals surface area contributed by atoms with Crippen molar-refractivity contribution in [1.82, 2.24) is 0 Å². The fourth-order valence-electron chi connectivity index (χ4n) is 2.87. The Kier molecular flexibility index (Phi) is 5.86. The summed E-state index contributed by atoms with van der Waals surface area (Å²) in [6, 6.07) is 10.9. The Morgan fingerprint density at radius 1 is 1.14 bits per heavy atom. The van der Waals surface area contributed by atoms with Crippen LogP contribution in [0.25, 0.3) is 11.0 Å². The maximum absolute atomic E-state index is 12.4. The van der Waals surface area contributed by atoms with Gasteiger partial charge < -0.3 is 30.4 Å². The van der Waals surface area contributed by atoms with Gasteiger partial charge in [0.1, 0.15) is 11.3 Å². The summed E-state index contributed by atoms with van der Waals surface area (Å²) in [5, 5.41) is 12.3. The molecule has 3 rings (SSSR count). The van der Waals surface area contributed by atoms with Crippen LogP contribution in [0.5, 0.6) is 5.75 Å². The van der Waals surface area contributed by atoms with Crippen LogP contribution < -0.4 is 16.7 Å². The molecule has 1 amide bonds. The van der Waals surface area contributed by atoms with Gasteiger partial charge in [-0.25, -0.2) is 4.79 Å². The molecular formula is C19H19N2O7P. The molecule has 2 aromatic carbocycles. The highest BCUT2D eigenvalue weighted by Crippen LogP contribution is 2.40. The molecule has 0 spiro atoms. The fraction of sp³-hybridized carbons (Fsp3) is 0.158. The van der Waals surface area contributed by atoms with Crippen LogP contribution in [0.15, 0.2) is 57.7 Å². The van der Waals surface area contributed by atoms with E-state index >= 15 is 0 Å². The summed E-state index contributed by atoms with van der Waals surface area (Å²) in [5.41, 5.74) is 6.52. The lowest BCUT2D eigenvalue weighted by molar-refractivity contribution is -0.117. The monoisotopic (exact) mass is 418 g/mol. The standard InChI is InChI=1S/C19H19N2O7P/c20-16(7-11-1-4-14(22)5-2-11)19(24)21-13-3-6-15-12(10-29(25,26)27)8-18(23)28-17(15)9-13/h1-6,8-9,16,22H,7,10,20H2,(H,21,24)(H2,25,26,27)/t16-/m0/s1. The van der Waals surface area contributed by atoms with Gasteiger partial charge in [0.05, 0.1) is 12.2 Å². The van der Waals surface area contributed by atoms with E-state index in [1.54, 1.807) is 12.1 Å². The summed E-state index contributed by atoms with van der Waals surface area (Å²) in [4.78, 5) is 42.4. The second kappa shape index (κ2) is 8.18. The molecular weight excluding hydrogens is 399 g/mol. The van der Waals surface area contributed by atoms with Crippen molar-refractivity contribution < 1.29 is 28.7 Å². The van der Waals surface area contributed by atoms with Crippen molar-refractivity contribution in [2.75, 3.05) is 5.32 Å². The number of carbonyl (C=O) groups is 1. The number of nitrogens with two attached hydrogens (primary N) is 1. The van der Waals surface area contributed by atoms with E-state index in [0.29, 0.717) is 11.1 Å². The number of rotatable bonds is 6. The van der Waals surface area contributed by atoms with Gasteiger partial charge >= 0.3 is 13.2 Å². The van der Waals surface area contributed by atoms with Crippen LogP contribution in [0.4, 0.5) is 5.69 Å². The number of benzene rings is 2. The van der Waals surface area contributed by atoms with Crippen LogP contribution in [0.1, 0.15) is 11.1 Å². The second-order valence-electron chi connectivity index (χ2n) is 6.59. The van der Waals surface area contributed by atoms with Gasteiger partial charge in [0.2, 0.25) is 5.91 Å². The molecule has 0 saturated heterocycles. The van der Waals surface area contributed by atoms with Gasteiger partial charge in [0, 0.05) is 23.2 Å². The number of hydrogen-bond donors (Lipinski definition) is 5. The van der Waals surface area contributed by atoms with Crippen LogP contribution in [0, 0.1) is 0 Å². The summed E-state index contributed by atoms with van der Waals surface area (Å²) in [6.07, 6.45) is -0.348. The topological polar surface area (TPSA) is 163 Å². The van der Waals surface area contributed by atoms with Crippen molar-refractivity contribution >= 4 is 30.2 Å². The van der Waals surface area contributed by atoms with Crippen LogP contribution in [-0.2, 0) is 21.9 Å². The lowest BCUT2D eigenvalue weighted by Crippen LogP contribution is -2.37. The van der Waals surface area contributed by atoms with Crippen LogP contribution in [0.2, 0.25) is 0 Å². The quantitative estimate of drug-likeness (QED) is 0.298. The van der Waals surface area contributed by atoms with E-state index < -0.39 is 31.3 Å². The summed E-state index contributed by atoms with van der Waals surface area (Å²) in [5.74, 6) is -0.353. The van der Waals surface area contributed by atoms with Crippen LogP contribution >= 0.6 is 7.60 Å². The third-order valence-corrected chi connectivity index (χ3v) is 4.96. The minimum absolute atomic E-state index is 0.0888. The number of phenols is 1. The van der Waals surface area contributed by atoms with Gasteiger partial charge in [0.25, 0.3) is 0 Å². The number of nitrogens with one attached hydrogen (secondary N) is 1. The van der Waals surface area contributed by atoms with Crippen molar-refractivity contribution in [1.29, 1.82) is 0 Å². The first-order valence-electron chi connectivity index (χ1n) is 8.56. The van der Waals surface area contributed by atoms with Crippen molar-refractivity contribution in [3.8, 4) is 5.75 Å². The number of fused-ring (bicyclic) bond motifs is 1. The summed E-state index contributed by atoms with van der Waals surface area (Å²) >= 11 is 0. The lowest BCUT2D eigenvalue weighted by atomic mass is 10.1. The normalized spacial score (nSPS) is 12.7.